The summed E-state index contributed by atoms with van der Waals surface area (Å²) in [4.78, 5) is 11.8. The van der Waals surface area contributed by atoms with Crippen LogP contribution in [0.2, 0.25) is 0 Å². The number of ether oxygens (including phenoxy) is 1. The molecule has 0 aliphatic carbocycles. The highest BCUT2D eigenvalue weighted by Crippen LogP contribution is 2.13. The number of esters is 1. The molecule has 1 atom stereocenters. The van der Waals surface area contributed by atoms with Gasteiger partial charge in [-0.25, -0.2) is 0 Å². The Morgan fingerprint density at radius 1 is 0.909 bits per heavy atom. The molecule has 0 aliphatic heterocycles. The number of carbonyl (C=O) groups is 1. The number of benzene rings is 2. The molecule has 0 amide bonds. The van der Waals surface area contributed by atoms with E-state index in [9.17, 15) is 4.79 Å². The number of carbonyl (C=O) groups excluding carboxylic acids is 1. The summed E-state index contributed by atoms with van der Waals surface area (Å²) in [6.07, 6.45) is 3.49. The molecule has 0 saturated heterocycles. The van der Waals surface area contributed by atoms with E-state index in [1.54, 1.807) is 0 Å². The van der Waals surface area contributed by atoms with E-state index in [0.717, 1.165) is 24.8 Å². The van der Waals surface area contributed by atoms with Gasteiger partial charge in [-0.2, -0.15) is 0 Å². The number of rotatable bonds is 8. The Balaban J connectivity index is 1.60. The molecule has 22 heavy (non-hydrogen) atoms. The molecule has 2 aromatic rings. The molecule has 1 unspecified atom stereocenters. The second kappa shape index (κ2) is 9.04. The summed E-state index contributed by atoms with van der Waals surface area (Å²) in [5.41, 5.74) is 2.38. The first-order valence-corrected chi connectivity index (χ1v) is 7.97. The molecular weight excluding hydrogens is 272 g/mol. The summed E-state index contributed by atoms with van der Waals surface area (Å²) in [6.45, 7) is 2.73. The lowest BCUT2D eigenvalue weighted by Gasteiger charge is -2.11. The van der Waals surface area contributed by atoms with Gasteiger partial charge in [-0.05, 0) is 36.3 Å². The van der Waals surface area contributed by atoms with Crippen LogP contribution in [0.4, 0.5) is 0 Å². The van der Waals surface area contributed by atoms with Crippen LogP contribution in [0.25, 0.3) is 0 Å². The lowest BCUT2D eigenvalue weighted by molar-refractivity contribution is -0.143. The van der Waals surface area contributed by atoms with Gasteiger partial charge in [-0.1, -0.05) is 67.6 Å². The maximum absolute atomic E-state index is 11.8. The van der Waals surface area contributed by atoms with Crippen molar-refractivity contribution >= 4 is 5.97 Å². The molecule has 0 bridgehead atoms. The fourth-order valence-electron chi connectivity index (χ4n) is 2.39. The molecule has 0 saturated carbocycles. The minimum atomic E-state index is -0.138. The van der Waals surface area contributed by atoms with Crippen LogP contribution in [-0.4, -0.2) is 12.6 Å². The second-order valence-corrected chi connectivity index (χ2v) is 5.80. The van der Waals surface area contributed by atoms with Crippen molar-refractivity contribution in [2.75, 3.05) is 6.61 Å². The van der Waals surface area contributed by atoms with Crippen molar-refractivity contribution in [2.24, 2.45) is 5.92 Å². The van der Waals surface area contributed by atoms with Crippen LogP contribution >= 0.6 is 0 Å². The molecule has 0 aromatic heterocycles. The highest BCUT2D eigenvalue weighted by molar-refractivity contribution is 5.72. The first-order chi connectivity index (χ1) is 10.7. The molecule has 2 rings (SSSR count). The van der Waals surface area contributed by atoms with Crippen LogP contribution in [0.1, 0.15) is 30.9 Å². The van der Waals surface area contributed by atoms with Crippen molar-refractivity contribution in [3.8, 4) is 0 Å². The Morgan fingerprint density at radius 3 is 2.14 bits per heavy atom. The van der Waals surface area contributed by atoms with Gasteiger partial charge in [0.15, 0.2) is 0 Å². The Bertz CT molecular complexity index is 548. The Kier molecular flexibility index (Phi) is 6.69. The van der Waals surface area contributed by atoms with Gasteiger partial charge in [0, 0.05) is 0 Å². The first-order valence-electron chi connectivity index (χ1n) is 7.97. The quantitative estimate of drug-likeness (QED) is 0.674. The van der Waals surface area contributed by atoms with Gasteiger partial charge in [-0.15, -0.1) is 0 Å². The van der Waals surface area contributed by atoms with Gasteiger partial charge in [0.2, 0.25) is 0 Å². The summed E-state index contributed by atoms with van der Waals surface area (Å²) in [7, 11) is 0. The van der Waals surface area contributed by atoms with Crippen molar-refractivity contribution in [3.63, 3.8) is 0 Å². The van der Waals surface area contributed by atoms with Crippen molar-refractivity contribution in [2.45, 2.75) is 32.6 Å². The highest BCUT2D eigenvalue weighted by Gasteiger charge is 2.07. The molecule has 0 spiro atoms. The third kappa shape index (κ3) is 6.13. The van der Waals surface area contributed by atoms with Crippen LogP contribution in [0.15, 0.2) is 60.7 Å². The fraction of sp³-hybridized carbons (Fsp3) is 0.350. The van der Waals surface area contributed by atoms with E-state index in [1.807, 2.05) is 36.4 Å². The molecule has 116 valence electrons. The van der Waals surface area contributed by atoms with Gasteiger partial charge in [-0.3, -0.25) is 4.79 Å². The summed E-state index contributed by atoms with van der Waals surface area (Å²) in [5.74, 6) is 0.422. The smallest absolute Gasteiger partial charge is 0.310 e. The maximum atomic E-state index is 11.8. The third-order valence-electron chi connectivity index (χ3n) is 3.83. The van der Waals surface area contributed by atoms with E-state index in [0.29, 0.717) is 18.9 Å². The van der Waals surface area contributed by atoms with Crippen molar-refractivity contribution < 1.29 is 9.53 Å². The van der Waals surface area contributed by atoms with E-state index in [-0.39, 0.29) is 5.97 Å². The van der Waals surface area contributed by atoms with E-state index in [4.69, 9.17) is 4.74 Å². The summed E-state index contributed by atoms with van der Waals surface area (Å²) in [6, 6.07) is 20.2. The monoisotopic (exact) mass is 296 g/mol. The van der Waals surface area contributed by atoms with Gasteiger partial charge >= 0.3 is 5.97 Å². The lowest BCUT2D eigenvalue weighted by Crippen LogP contribution is -2.11. The molecule has 0 N–H and O–H groups in total. The minimum absolute atomic E-state index is 0.138. The second-order valence-electron chi connectivity index (χ2n) is 5.80. The van der Waals surface area contributed by atoms with Gasteiger partial charge < -0.3 is 4.74 Å². The normalized spacial score (nSPS) is 11.9. The first kappa shape index (κ1) is 16.3. The standard InChI is InChI=1S/C20H24O2/c1-17(12-13-18-8-4-2-5-9-18)14-15-22-20(21)16-19-10-6-3-7-11-19/h2-11,17H,12-16H2,1H3. The maximum Gasteiger partial charge on any atom is 0.310 e. The predicted octanol–water partition coefficient (Wildman–Crippen LogP) is 4.43. The lowest BCUT2D eigenvalue weighted by atomic mass is 9.99. The Labute approximate surface area is 133 Å². The van der Waals surface area contributed by atoms with Gasteiger partial charge in [0.1, 0.15) is 0 Å². The van der Waals surface area contributed by atoms with Crippen molar-refractivity contribution in [3.05, 3.63) is 71.8 Å². The van der Waals surface area contributed by atoms with Crippen LogP contribution in [0.5, 0.6) is 0 Å². The third-order valence-corrected chi connectivity index (χ3v) is 3.83. The van der Waals surface area contributed by atoms with Gasteiger partial charge in [0.05, 0.1) is 13.0 Å². The zero-order chi connectivity index (χ0) is 15.6. The molecular formula is C20H24O2. The van der Waals surface area contributed by atoms with Crippen LogP contribution in [0, 0.1) is 5.92 Å². The summed E-state index contributed by atoms with van der Waals surface area (Å²) in [5, 5.41) is 0. The van der Waals surface area contributed by atoms with Crippen molar-refractivity contribution in [1.29, 1.82) is 0 Å². The highest BCUT2D eigenvalue weighted by atomic mass is 16.5. The van der Waals surface area contributed by atoms with E-state index >= 15 is 0 Å². The molecule has 0 radical (unpaired) electrons. The topological polar surface area (TPSA) is 26.3 Å². The molecule has 0 aliphatic rings. The molecule has 2 heteroatoms. The van der Waals surface area contributed by atoms with Crippen LogP contribution < -0.4 is 0 Å². The number of hydrogen-bond acceptors (Lipinski definition) is 2. The fourth-order valence-corrected chi connectivity index (χ4v) is 2.39. The zero-order valence-corrected chi connectivity index (χ0v) is 13.2. The number of aryl methyl sites for hydroxylation is 1. The van der Waals surface area contributed by atoms with Crippen LogP contribution in [0.3, 0.4) is 0 Å². The average Bonchev–Trinajstić information content (AvgIpc) is 2.55. The van der Waals surface area contributed by atoms with E-state index < -0.39 is 0 Å². The van der Waals surface area contributed by atoms with E-state index in [1.165, 1.54) is 5.56 Å². The molecule has 0 fully saturated rings. The van der Waals surface area contributed by atoms with Crippen LogP contribution in [-0.2, 0) is 22.4 Å². The Morgan fingerprint density at radius 2 is 1.50 bits per heavy atom. The molecule has 2 aromatic carbocycles. The largest absolute Gasteiger partial charge is 0.465 e. The van der Waals surface area contributed by atoms with Gasteiger partial charge in [0.25, 0.3) is 0 Å². The summed E-state index contributed by atoms with van der Waals surface area (Å²) >= 11 is 0. The average molecular weight is 296 g/mol. The molecule has 0 heterocycles. The number of hydrogen-bond donors (Lipinski definition) is 0. The summed E-state index contributed by atoms with van der Waals surface area (Å²) < 4.78 is 5.33. The zero-order valence-electron chi connectivity index (χ0n) is 13.2. The minimum Gasteiger partial charge on any atom is -0.465 e. The SMILES string of the molecule is CC(CCOC(=O)Cc1ccccc1)CCc1ccccc1. The Hall–Kier alpha value is -2.09. The molecule has 2 nitrogen and oxygen atoms in total. The predicted molar refractivity (Wildman–Crippen MR) is 89.6 cm³/mol. The van der Waals surface area contributed by atoms with Crippen molar-refractivity contribution in [1.82, 2.24) is 0 Å². The van der Waals surface area contributed by atoms with E-state index in [2.05, 4.69) is 31.2 Å².